The normalized spacial score (nSPS) is 18.8. The van der Waals surface area contributed by atoms with Crippen LogP contribution >= 0.6 is 11.6 Å². The van der Waals surface area contributed by atoms with Gasteiger partial charge in [-0.2, -0.15) is 0 Å². The molecule has 0 saturated carbocycles. The van der Waals surface area contributed by atoms with Gasteiger partial charge in [-0.1, -0.05) is 79.5 Å². The summed E-state index contributed by atoms with van der Waals surface area (Å²) in [6, 6.07) is 28.8. The number of hydrogen-bond acceptors (Lipinski definition) is 3. The topological polar surface area (TPSA) is 38.3 Å². The van der Waals surface area contributed by atoms with Gasteiger partial charge in [-0.3, -0.25) is 4.79 Å². The number of fused-ring (bicyclic) bond motifs is 4. The van der Waals surface area contributed by atoms with Crippen LogP contribution in [0.3, 0.4) is 0 Å². The van der Waals surface area contributed by atoms with Crippen LogP contribution in [0.5, 0.6) is 5.75 Å². The van der Waals surface area contributed by atoms with Crippen molar-refractivity contribution in [3.8, 4) is 5.75 Å². The predicted molar refractivity (Wildman–Crippen MR) is 153 cm³/mol. The minimum absolute atomic E-state index is 0.131. The van der Waals surface area contributed by atoms with E-state index in [2.05, 4.69) is 60.8 Å². The number of ether oxygens (including phenoxy) is 1. The van der Waals surface area contributed by atoms with Crippen molar-refractivity contribution in [2.24, 2.45) is 0 Å². The first-order valence-corrected chi connectivity index (χ1v) is 13.5. The lowest BCUT2D eigenvalue weighted by atomic mass is 9.71. The van der Waals surface area contributed by atoms with Crippen LogP contribution in [-0.4, -0.2) is 12.4 Å². The molecule has 1 aliphatic carbocycles. The quantitative estimate of drug-likeness (QED) is 0.265. The third kappa shape index (κ3) is 4.53. The fourth-order valence-electron chi connectivity index (χ4n) is 5.76. The molecular weight excluding hydrogens is 478 g/mol. The van der Waals surface area contributed by atoms with Gasteiger partial charge in [0.05, 0.1) is 12.6 Å². The first kappa shape index (κ1) is 23.8. The van der Waals surface area contributed by atoms with Crippen LogP contribution in [0.15, 0.2) is 90.5 Å². The van der Waals surface area contributed by atoms with Crippen LogP contribution in [-0.2, 0) is 4.79 Å². The molecule has 3 nitrogen and oxygen atoms in total. The molecule has 4 aromatic rings. The third-order valence-corrected chi connectivity index (χ3v) is 7.90. The smallest absolute Gasteiger partial charge is 0.162 e. The number of ketones is 1. The molecule has 4 heteroatoms. The minimum atomic E-state index is -0.191. The second-order valence-electron chi connectivity index (χ2n) is 10.0. The maximum absolute atomic E-state index is 13.9. The number of benzene rings is 4. The van der Waals surface area contributed by atoms with E-state index in [4.69, 9.17) is 16.3 Å². The highest BCUT2D eigenvalue weighted by atomic mass is 35.5. The van der Waals surface area contributed by atoms with Crippen molar-refractivity contribution >= 4 is 39.4 Å². The van der Waals surface area contributed by atoms with Gasteiger partial charge in [-0.15, -0.1) is 0 Å². The Balaban J connectivity index is 1.43. The number of nitrogens with one attached hydrogen (secondary N) is 1. The van der Waals surface area contributed by atoms with Gasteiger partial charge in [-0.05, 0) is 76.6 Å². The number of hydrogen-bond donors (Lipinski definition) is 1. The number of unbranched alkanes of at least 4 members (excludes halogenated alkanes) is 1. The number of carbonyl (C=O) groups is 1. The highest BCUT2D eigenvalue weighted by molar-refractivity contribution is 6.30. The van der Waals surface area contributed by atoms with E-state index in [1.165, 1.54) is 16.3 Å². The number of rotatable bonds is 6. The lowest BCUT2D eigenvalue weighted by Crippen LogP contribution is -2.29. The molecular formula is C33H30ClNO2. The first-order valence-electron chi connectivity index (χ1n) is 13.2. The molecule has 1 aliphatic heterocycles. The Labute approximate surface area is 223 Å². The molecule has 0 saturated heterocycles. The van der Waals surface area contributed by atoms with Gasteiger partial charge in [0.15, 0.2) is 5.78 Å². The monoisotopic (exact) mass is 507 g/mol. The molecule has 6 rings (SSSR count). The lowest BCUT2D eigenvalue weighted by Gasteiger charge is -2.37. The van der Waals surface area contributed by atoms with Crippen molar-refractivity contribution < 1.29 is 9.53 Å². The molecule has 0 amide bonds. The highest BCUT2D eigenvalue weighted by Gasteiger charge is 2.38. The molecule has 37 heavy (non-hydrogen) atoms. The molecule has 0 spiro atoms. The van der Waals surface area contributed by atoms with E-state index in [1.807, 2.05) is 36.4 Å². The molecule has 186 valence electrons. The van der Waals surface area contributed by atoms with Crippen LogP contribution < -0.4 is 10.1 Å². The largest absolute Gasteiger partial charge is 0.494 e. The fourth-order valence-corrected chi connectivity index (χ4v) is 5.88. The Bertz CT molecular complexity index is 1490. The fraction of sp³-hybridized carbons (Fsp3) is 0.242. The maximum Gasteiger partial charge on any atom is 0.162 e. The Morgan fingerprint density at radius 2 is 1.65 bits per heavy atom. The summed E-state index contributed by atoms with van der Waals surface area (Å²) >= 11 is 6.19. The maximum atomic E-state index is 13.9. The van der Waals surface area contributed by atoms with Gasteiger partial charge in [0.1, 0.15) is 5.75 Å². The van der Waals surface area contributed by atoms with E-state index in [0.717, 1.165) is 59.6 Å². The molecule has 2 atom stereocenters. The van der Waals surface area contributed by atoms with Crippen LogP contribution in [0.4, 0.5) is 5.69 Å². The Kier molecular flexibility index (Phi) is 6.48. The van der Waals surface area contributed by atoms with Gasteiger partial charge in [-0.25, -0.2) is 0 Å². The van der Waals surface area contributed by atoms with Crippen molar-refractivity contribution in [2.45, 2.75) is 44.6 Å². The standard InChI is InChI=1S/C33H30ClNO2/c1-2-3-18-37-26-15-10-21(11-16-26)24-19-28-31-27-7-5-4-6-22(27)12-17-29(31)35-33(32(28)30(36)20-24)23-8-13-25(34)14-9-23/h4-17,24,33,35H,2-3,18-20H2,1H3/t24-,33+/m1/s1. The van der Waals surface area contributed by atoms with Crippen molar-refractivity contribution in [1.29, 1.82) is 0 Å². The van der Waals surface area contributed by atoms with E-state index in [-0.39, 0.29) is 17.7 Å². The van der Waals surface area contributed by atoms with E-state index in [0.29, 0.717) is 11.4 Å². The van der Waals surface area contributed by atoms with Crippen LogP contribution in [0.1, 0.15) is 61.3 Å². The molecule has 0 radical (unpaired) electrons. The van der Waals surface area contributed by atoms with Gasteiger partial charge in [0, 0.05) is 28.3 Å². The number of anilines is 1. The molecule has 1 N–H and O–H groups in total. The molecule has 4 aromatic carbocycles. The van der Waals surface area contributed by atoms with Gasteiger partial charge in [0.2, 0.25) is 0 Å². The molecule has 0 unspecified atom stereocenters. The van der Waals surface area contributed by atoms with Crippen LogP contribution in [0.2, 0.25) is 5.02 Å². The van der Waals surface area contributed by atoms with Crippen molar-refractivity contribution in [1.82, 2.24) is 0 Å². The predicted octanol–water partition coefficient (Wildman–Crippen LogP) is 8.74. The summed E-state index contributed by atoms with van der Waals surface area (Å²) < 4.78 is 5.87. The van der Waals surface area contributed by atoms with Crippen molar-refractivity contribution in [3.05, 3.63) is 112 Å². The summed E-state index contributed by atoms with van der Waals surface area (Å²) in [7, 11) is 0. The van der Waals surface area contributed by atoms with Crippen molar-refractivity contribution in [2.75, 3.05) is 11.9 Å². The van der Waals surface area contributed by atoms with Gasteiger partial charge < -0.3 is 10.1 Å². The molecule has 2 aliphatic rings. The summed E-state index contributed by atoms with van der Waals surface area (Å²) in [5.41, 5.74) is 6.53. The van der Waals surface area contributed by atoms with Crippen LogP contribution in [0, 0.1) is 0 Å². The summed E-state index contributed by atoms with van der Waals surface area (Å²) in [5, 5.41) is 6.76. The SMILES string of the molecule is CCCCOc1ccc([C@H]2CC(=O)C3=C(C2)c2c(ccc4ccccc24)N[C@H]3c2ccc(Cl)cc2)cc1. The lowest BCUT2D eigenvalue weighted by molar-refractivity contribution is -0.116. The molecule has 0 bridgehead atoms. The average molecular weight is 508 g/mol. The number of carbonyl (C=O) groups excluding carboxylic acids is 1. The summed E-state index contributed by atoms with van der Waals surface area (Å²) in [6.07, 6.45) is 3.48. The van der Waals surface area contributed by atoms with Gasteiger partial charge in [0.25, 0.3) is 0 Å². The van der Waals surface area contributed by atoms with Crippen molar-refractivity contribution in [3.63, 3.8) is 0 Å². The zero-order valence-electron chi connectivity index (χ0n) is 21.0. The van der Waals surface area contributed by atoms with E-state index in [9.17, 15) is 4.79 Å². The first-order chi connectivity index (χ1) is 18.1. The number of halogens is 1. The molecule has 0 aromatic heterocycles. The van der Waals surface area contributed by atoms with Gasteiger partial charge >= 0.3 is 0 Å². The molecule has 0 fully saturated rings. The number of Topliss-reactive ketones (excluding diaryl/α,β-unsaturated/α-hetero) is 1. The zero-order valence-corrected chi connectivity index (χ0v) is 21.7. The van der Waals surface area contributed by atoms with E-state index >= 15 is 0 Å². The highest BCUT2D eigenvalue weighted by Crippen LogP contribution is 2.51. The van der Waals surface area contributed by atoms with E-state index in [1.54, 1.807) is 0 Å². The van der Waals surface area contributed by atoms with E-state index < -0.39 is 0 Å². The summed E-state index contributed by atoms with van der Waals surface area (Å²) in [5.74, 6) is 1.23. The van der Waals surface area contributed by atoms with Crippen LogP contribution in [0.25, 0.3) is 16.3 Å². The summed E-state index contributed by atoms with van der Waals surface area (Å²) in [6.45, 7) is 2.89. The second kappa shape index (κ2) is 10.1. The Morgan fingerprint density at radius 1 is 0.892 bits per heavy atom. The minimum Gasteiger partial charge on any atom is -0.494 e. The third-order valence-electron chi connectivity index (χ3n) is 7.65. The number of allylic oxidation sites excluding steroid dienone is 1. The molecule has 1 heterocycles. The zero-order chi connectivity index (χ0) is 25.4. The average Bonchev–Trinajstić information content (AvgIpc) is 2.93. The second-order valence-corrected chi connectivity index (χ2v) is 10.5. The Hall–Kier alpha value is -3.56. The summed E-state index contributed by atoms with van der Waals surface area (Å²) in [4.78, 5) is 13.9. The Morgan fingerprint density at radius 3 is 2.43 bits per heavy atom.